The predicted octanol–water partition coefficient (Wildman–Crippen LogP) is 6.79. The molecule has 0 aromatic rings. The molecule has 128 valence electrons. The van der Waals surface area contributed by atoms with Crippen molar-refractivity contribution < 1.29 is 0 Å². The van der Waals surface area contributed by atoms with Crippen LogP contribution in [0.4, 0.5) is 0 Å². The molecule has 0 nitrogen and oxygen atoms in total. The molecule has 0 heterocycles. The van der Waals surface area contributed by atoms with Crippen LogP contribution >= 0.6 is 0 Å². The Morgan fingerprint density at radius 3 is 1.23 bits per heavy atom. The Balaban J connectivity index is 1.78. The molecule has 0 amide bonds. The summed E-state index contributed by atoms with van der Waals surface area (Å²) in [5.41, 5.74) is 1.04. The summed E-state index contributed by atoms with van der Waals surface area (Å²) >= 11 is 0. The van der Waals surface area contributed by atoms with Gasteiger partial charge in [0.15, 0.2) is 0 Å². The monoisotopic (exact) mass is 304 g/mol. The van der Waals surface area contributed by atoms with Crippen molar-refractivity contribution >= 4 is 0 Å². The van der Waals surface area contributed by atoms with Crippen LogP contribution in [0, 0.1) is 52.3 Å². The summed E-state index contributed by atoms with van der Waals surface area (Å²) in [7, 11) is 0. The van der Waals surface area contributed by atoms with Crippen LogP contribution in [0.2, 0.25) is 0 Å². The second kappa shape index (κ2) is 5.52. The summed E-state index contributed by atoms with van der Waals surface area (Å²) in [5.74, 6) is 7.19. The molecule has 0 aromatic carbocycles. The molecule has 0 spiro atoms. The fourth-order valence-corrected chi connectivity index (χ4v) is 6.64. The first kappa shape index (κ1) is 16.8. The summed E-state index contributed by atoms with van der Waals surface area (Å²) in [6, 6.07) is 0. The van der Waals surface area contributed by atoms with Crippen molar-refractivity contribution in [2.75, 3.05) is 0 Å². The SMILES string of the molecule is CC1C2CCC(C(C)(C)C)CC2C2CC(C(C)(C)C)CCC12. The van der Waals surface area contributed by atoms with E-state index < -0.39 is 0 Å². The van der Waals surface area contributed by atoms with E-state index in [0.29, 0.717) is 10.8 Å². The number of hydrogen-bond acceptors (Lipinski definition) is 0. The minimum Gasteiger partial charge on any atom is -0.0620 e. The highest BCUT2D eigenvalue weighted by Gasteiger charge is 2.53. The number of hydrogen-bond donors (Lipinski definition) is 0. The average Bonchev–Trinajstić information content (AvgIpc) is 2.70. The fourth-order valence-electron chi connectivity index (χ4n) is 6.64. The van der Waals surface area contributed by atoms with Crippen molar-refractivity contribution in [3.05, 3.63) is 0 Å². The van der Waals surface area contributed by atoms with Crippen LogP contribution in [0.3, 0.4) is 0 Å². The number of rotatable bonds is 0. The first-order chi connectivity index (χ1) is 10.1. The van der Waals surface area contributed by atoms with Crippen LogP contribution in [0.5, 0.6) is 0 Å². The van der Waals surface area contributed by atoms with Crippen LogP contribution < -0.4 is 0 Å². The first-order valence-corrected chi connectivity index (χ1v) is 10.1. The molecule has 0 bridgehead atoms. The molecule has 6 atom stereocenters. The van der Waals surface area contributed by atoms with E-state index in [1.807, 2.05) is 0 Å². The Morgan fingerprint density at radius 1 is 0.545 bits per heavy atom. The van der Waals surface area contributed by atoms with Gasteiger partial charge in [-0.2, -0.15) is 0 Å². The maximum absolute atomic E-state index is 2.61. The molecule has 0 radical (unpaired) electrons. The standard InChI is InChI=1S/C22H40/c1-14-17-10-8-15(21(2,3)4)12-19(17)20-13-16(22(5,6)7)9-11-18(14)20/h14-20H,8-13H2,1-7H3. The van der Waals surface area contributed by atoms with Gasteiger partial charge >= 0.3 is 0 Å². The molecule has 3 rings (SSSR count). The quantitative estimate of drug-likeness (QED) is 0.462. The smallest absolute Gasteiger partial charge is 0.0349 e. The lowest BCUT2D eigenvalue weighted by Gasteiger charge is -2.44. The lowest BCUT2D eigenvalue weighted by molar-refractivity contribution is 0.0542. The van der Waals surface area contributed by atoms with Gasteiger partial charge in [-0.25, -0.2) is 0 Å². The van der Waals surface area contributed by atoms with E-state index in [4.69, 9.17) is 0 Å². The van der Waals surface area contributed by atoms with Crippen LogP contribution in [0.15, 0.2) is 0 Å². The highest BCUT2D eigenvalue weighted by Crippen LogP contribution is 2.61. The highest BCUT2D eigenvalue weighted by atomic mass is 14.6. The summed E-state index contributed by atoms with van der Waals surface area (Å²) in [4.78, 5) is 0. The Morgan fingerprint density at radius 2 is 0.909 bits per heavy atom. The largest absolute Gasteiger partial charge is 0.0620 e. The van der Waals surface area contributed by atoms with Gasteiger partial charge in [-0.1, -0.05) is 48.5 Å². The van der Waals surface area contributed by atoms with Gasteiger partial charge in [0.1, 0.15) is 0 Å². The molecule has 3 aliphatic rings. The van der Waals surface area contributed by atoms with E-state index in [1.54, 1.807) is 0 Å². The summed E-state index contributed by atoms with van der Waals surface area (Å²) in [5, 5.41) is 0. The average molecular weight is 305 g/mol. The first-order valence-electron chi connectivity index (χ1n) is 10.1. The van der Waals surface area contributed by atoms with Crippen LogP contribution in [-0.2, 0) is 0 Å². The Kier molecular flexibility index (Phi) is 4.23. The lowest BCUT2D eigenvalue weighted by atomic mass is 9.61. The second-order valence-corrected chi connectivity index (χ2v) is 11.3. The van der Waals surface area contributed by atoms with E-state index in [9.17, 15) is 0 Å². The van der Waals surface area contributed by atoms with Crippen molar-refractivity contribution in [3.8, 4) is 0 Å². The van der Waals surface area contributed by atoms with E-state index in [1.165, 1.54) is 38.5 Å². The van der Waals surface area contributed by atoms with E-state index in [2.05, 4.69) is 48.5 Å². The maximum Gasteiger partial charge on any atom is -0.0349 e. The van der Waals surface area contributed by atoms with Gasteiger partial charge in [0.2, 0.25) is 0 Å². The lowest BCUT2D eigenvalue weighted by Crippen LogP contribution is -2.35. The molecule has 0 N–H and O–H groups in total. The van der Waals surface area contributed by atoms with Crippen molar-refractivity contribution in [3.63, 3.8) is 0 Å². The van der Waals surface area contributed by atoms with E-state index >= 15 is 0 Å². The third-order valence-corrected chi connectivity index (χ3v) is 8.26. The predicted molar refractivity (Wildman–Crippen MR) is 96.7 cm³/mol. The molecule has 0 saturated heterocycles. The minimum atomic E-state index is 0.518. The van der Waals surface area contributed by atoms with Gasteiger partial charge in [-0.3, -0.25) is 0 Å². The number of fused-ring (bicyclic) bond motifs is 3. The van der Waals surface area contributed by atoms with Crippen molar-refractivity contribution in [1.29, 1.82) is 0 Å². The molecule has 0 aromatic heterocycles. The van der Waals surface area contributed by atoms with E-state index in [-0.39, 0.29) is 0 Å². The third kappa shape index (κ3) is 2.89. The van der Waals surface area contributed by atoms with Crippen molar-refractivity contribution in [1.82, 2.24) is 0 Å². The Hall–Kier alpha value is 0. The van der Waals surface area contributed by atoms with Crippen LogP contribution in [0.1, 0.15) is 87.0 Å². The van der Waals surface area contributed by atoms with Gasteiger partial charge in [0, 0.05) is 0 Å². The third-order valence-electron chi connectivity index (χ3n) is 8.26. The minimum absolute atomic E-state index is 0.518. The summed E-state index contributed by atoms with van der Waals surface area (Å²) < 4.78 is 0. The van der Waals surface area contributed by atoms with Crippen LogP contribution in [0.25, 0.3) is 0 Å². The zero-order valence-corrected chi connectivity index (χ0v) is 16.3. The van der Waals surface area contributed by atoms with Crippen molar-refractivity contribution in [2.24, 2.45) is 52.3 Å². The zero-order valence-electron chi connectivity index (χ0n) is 16.3. The molecule has 6 unspecified atom stereocenters. The van der Waals surface area contributed by atoms with E-state index in [0.717, 1.165) is 41.4 Å². The van der Waals surface area contributed by atoms with Crippen LogP contribution in [-0.4, -0.2) is 0 Å². The zero-order chi connectivity index (χ0) is 16.3. The van der Waals surface area contributed by atoms with Gasteiger partial charge in [-0.05, 0) is 90.8 Å². The van der Waals surface area contributed by atoms with Gasteiger partial charge in [0.25, 0.3) is 0 Å². The van der Waals surface area contributed by atoms with Crippen molar-refractivity contribution in [2.45, 2.75) is 87.0 Å². The summed E-state index contributed by atoms with van der Waals surface area (Å²) in [6.07, 6.45) is 9.13. The Bertz CT molecular complexity index is 355. The molecular weight excluding hydrogens is 264 g/mol. The molecule has 0 aliphatic heterocycles. The highest BCUT2D eigenvalue weighted by molar-refractivity contribution is 5.02. The van der Waals surface area contributed by atoms with Gasteiger partial charge in [0.05, 0.1) is 0 Å². The normalized spacial score (nSPS) is 46.2. The maximum atomic E-state index is 2.61. The molecule has 22 heavy (non-hydrogen) atoms. The van der Waals surface area contributed by atoms with Gasteiger partial charge in [-0.15, -0.1) is 0 Å². The van der Waals surface area contributed by atoms with Gasteiger partial charge < -0.3 is 0 Å². The molecule has 3 aliphatic carbocycles. The molecular formula is C22H40. The Labute approximate surface area is 139 Å². The summed E-state index contributed by atoms with van der Waals surface area (Å²) in [6.45, 7) is 17.5. The molecule has 3 fully saturated rings. The fraction of sp³-hybridized carbons (Fsp3) is 1.00. The molecule has 3 saturated carbocycles. The topological polar surface area (TPSA) is 0 Å². The second-order valence-electron chi connectivity index (χ2n) is 11.3. The molecule has 0 heteroatoms.